The van der Waals surface area contributed by atoms with Crippen LogP contribution in [0.5, 0.6) is 0 Å². The van der Waals surface area contributed by atoms with Gasteiger partial charge in [-0.25, -0.2) is 0 Å². The molecule has 0 aromatic heterocycles. The second-order valence-corrected chi connectivity index (χ2v) is 5.11. The van der Waals surface area contributed by atoms with Crippen molar-refractivity contribution >= 4 is 5.91 Å². The first-order valence-corrected chi connectivity index (χ1v) is 6.35. The van der Waals surface area contributed by atoms with Crippen molar-refractivity contribution in [2.75, 3.05) is 6.54 Å². The normalized spacial score (nSPS) is 33.2. The molecule has 0 heterocycles. The molecule has 2 N–H and O–H groups in total. The first-order chi connectivity index (χ1) is 7.74. The van der Waals surface area contributed by atoms with Crippen LogP contribution in [-0.4, -0.2) is 23.7 Å². The van der Waals surface area contributed by atoms with E-state index in [0.717, 1.165) is 38.6 Å². The molecule has 3 atom stereocenters. The number of carbonyl (C=O) groups excluding carboxylic acids is 1. The van der Waals surface area contributed by atoms with Crippen LogP contribution in [0.4, 0.5) is 0 Å². The summed E-state index contributed by atoms with van der Waals surface area (Å²) in [6.07, 6.45) is 9.83. The number of hydrogen-bond donors (Lipinski definition) is 2. The second-order valence-electron chi connectivity index (χ2n) is 5.11. The Labute approximate surface area is 96.9 Å². The summed E-state index contributed by atoms with van der Waals surface area (Å²) in [5.41, 5.74) is 0. The number of nitrogens with one attached hydrogen (secondary N) is 1. The lowest BCUT2D eigenvalue weighted by molar-refractivity contribution is -0.121. The van der Waals surface area contributed by atoms with E-state index in [4.69, 9.17) is 0 Å². The summed E-state index contributed by atoms with van der Waals surface area (Å²) in [6, 6.07) is 0. The van der Waals surface area contributed by atoms with Crippen LogP contribution in [0, 0.1) is 11.8 Å². The number of carbonyl (C=O) groups is 1. The third kappa shape index (κ3) is 3.34. The van der Waals surface area contributed by atoms with Crippen LogP contribution in [0.25, 0.3) is 0 Å². The first-order valence-electron chi connectivity index (χ1n) is 6.35. The topological polar surface area (TPSA) is 49.3 Å². The van der Waals surface area contributed by atoms with Gasteiger partial charge in [-0.05, 0) is 43.9 Å². The van der Waals surface area contributed by atoms with Gasteiger partial charge in [0.2, 0.25) is 5.91 Å². The van der Waals surface area contributed by atoms with Crippen molar-refractivity contribution in [2.24, 2.45) is 11.8 Å². The molecule has 3 heteroatoms. The second kappa shape index (κ2) is 5.48. The Balaban J connectivity index is 1.62. The van der Waals surface area contributed by atoms with E-state index in [2.05, 4.69) is 17.5 Å². The predicted octanol–water partition coefficient (Wildman–Crippen LogP) is 1.62. The van der Waals surface area contributed by atoms with Gasteiger partial charge in [-0.1, -0.05) is 12.2 Å². The molecule has 3 nitrogen and oxygen atoms in total. The summed E-state index contributed by atoms with van der Waals surface area (Å²) in [4.78, 5) is 11.6. The summed E-state index contributed by atoms with van der Waals surface area (Å²) in [6.45, 7) is 0.742. The Bertz CT molecular complexity index is 275. The van der Waals surface area contributed by atoms with E-state index in [0.29, 0.717) is 18.3 Å². The molecule has 1 saturated carbocycles. The number of rotatable bonds is 4. The highest BCUT2D eigenvalue weighted by atomic mass is 16.3. The lowest BCUT2D eigenvalue weighted by Gasteiger charge is -2.12. The summed E-state index contributed by atoms with van der Waals surface area (Å²) < 4.78 is 0. The third-order valence-corrected chi connectivity index (χ3v) is 3.66. The maximum atomic E-state index is 11.6. The minimum Gasteiger partial charge on any atom is -0.393 e. The standard InChI is InChI=1S/C13H21NO2/c15-12-6-5-11(7-12)9-14-13(16)8-10-3-1-2-4-10/h1,3,10-12,15H,2,4-9H2,(H,14,16). The van der Waals surface area contributed by atoms with Crippen molar-refractivity contribution < 1.29 is 9.90 Å². The van der Waals surface area contributed by atoms with E-state index >= 15 is 0 Å². The lowest BCUT2D eigenvalue weighted by Crippen LogP contribution is -2.29. The molecule has 16 heavy (non-hydrogen) atoms. The van der Waals surface area contributed by atoms with Gasteiger partial charge in [-0.15, -0.1) is 0 Å². The highest BCUT2D eigenvalue weighted by molar-refractivity contribution is 5.76. The molecule has 2 rings (SSSR count). The molecule has 0 aromatic rings. The van der Waals surface area contributed by atoms with E-state index in [-0.39, 0.29) is 12.0 Å². The van der Waals surface area contributed by atoms with Gasteiger partial charge in [0.15, 0.2) is 0 Å². The van der Waals surface area contributed by atoms with Gasteiger partial charge >= 0.3 is 0 Å². The number of allylic oxidation sites excluding steroid dienone is 2. The summed E-state index contributed by atoms with van der Waals surface area (Å²) >= 11 is 0. The van der Waals surface area contributed by atoms with Crippen molar-refractivity contribution in [3.8, 4) is 0 Å². The first kappa shape index (κ1) is 11.6. The summed E-state index contributed by atoms with van der Waals surface area (Å²) in [5, 5.41) is 12.4. The molecule has 0 spiro atoms. The molecule has 2 aliphatic carbocycles. The fourth-order valence-electron chi connectivity index (χ4n) is 2.67. The van der Waals surface area contributed by atoms with E-state index in [1.54, 1.807) is 0 Å². The van der Waals surface area contributed by atoms with Gasteiger partial charge in [0.05, 0.1) is 6.10 Å². The Morgan fingerprint density at radius 1 is 1.38 bits per heavy atom. The van der Waals surface area contributed by atoms with Crippen LogP contribution in [0.3, 0.4) is 0 Å². The molecule has 0 bridgehead atoms. The Morgan fingerprint density at radius 3 is 2.88 bits per heavy atom. The molecule has 1 fully saturated rings. The predicted molar refractivity (Wildman–Crippen MR) is 62.8 cm³/mol. The average molecular weight is 223 g/mol. The Morgan fingerprint density at radius 2 is 2.25 bits per heavy atom. The quantitative estimate of drug-likeness (QED) is 0.711. The van der Waals surface area contributed by atoms with Crippen LogP contribution >= 0.6 is 0 Å². The fourth-order valence-corrected chi connectivity index (χ4v) is 2.67. The van der Waals surface area contributed by atoms with Gasteiger partial charge in [-0.3, -0.25) is 4.79 Å². The Kier molecular flexibility index (Phi) is 3.99. The van der Waals surface area contributed by atoms with Gasteiger partial charge < -0.3 is 10.4 Å². The van der Waals surface area contributed by atoms with Crippen LogP contribution in [0.2, 0.25) is 0 Å². The average Bonchev–Trinajstić information content (AvgIpc) is 2.87. The van der Waals surface area contributed by atoms with Crippen LogP contribution in [0.15, 0.2) is 12.2 Å². The molecule has 1 amide bonds. The van der Waals surface area contributed by atoms with Crippen molar-refractivity contribution in [1.82, 2.24) is 5.32 Å². The molecule has 0 radical (unpaired) electrons. The largest absolute Gasteiger partial charge is 0.393 e. The van der Waals surface area contributed by atoms with Gasteiger partial charge in [0, 0.05) is 13.0 Å². The number of aliphatic hydroxyl groups is 1. The van der Waals surface area contributed by atoms with Crippen LogP contribution in [-0.2, 0) is 4.79 Å². The minimum atomic E-state index is -0.139. The lowest BCUT2D eigenvalue weighted by atomic mass is 10.0. The molecule has 0 aromatic carbocycles. The number of aliphatic hydroxyl groups excluding tert-OH is 1. The zero-order valence-corrected chi connectivity index (χ0v) is 9.69. The highest BCUT2D eigenvalue weighted by Crippen LogP contribution is 2.25. The van der Waals surface area contributed by atoms with Gasteiger partial charge in [0.25, 0.3) is 0 Å². The van der Waals surface area contributed by atoms with Gasteiger partial charge in [-0.2, -0.15) is 0 Å². The Hall–Kier alpha value is -0.830. The molecular weight excluding hydrogens is 202 g/mol. The zero-order valence-electron chi connectivity index (χ0n) is 9.69. The van der Waals surface area contributed by atoms with E-state index < -0.39 is 0 Å². The van der Waals surface area contributed by atoms with Crippen molar-refractivity contribution in [1.29, 1.82) is 0 Å². The number of hydrogen-bond acceptors (Lipinski definition) is 2. The molecule has 0 saturated heterocycles. The van der Waals surface area contributed by atoms with E-state index in [1.165, 1.54) is 0 Å². The fraction of sp³-hybridized carbons (Fsp3) is 0.769. The van der Waals surface area contributed by atoms with Crippen molar-refractivity contribution in [3.63, 3.8) is 0 Å². The van der Waals surface area contributed by atoms with Crippen LogP contribution < -0.4 is 5.32 Å². The highest BCUT2D eigenvalue weighted by Gasteiger charge is 2.23. The van der Waals surface area contributed by atoms with E-state index in [1.807, 2.05) is 0 Å². The molecule has 0 aliphatic heterocycles. The molecule has 3 unspecified atom stereocenters. The SMILES string of the molecule is O=C(CC1C=CCC1)NCC1CCC(O)C1. The summed E-state index contributed by atoms with van der Waals surface area (Å²) in [5.74, 6) is 1.10. The van der Waals surface area contributed by atoms with Crippen LogP contribution in [0.1, 0.15) is 38.5 Å². The maximum absolute atomic E-state index is 11.6. The molecule has 90 valence electrons. The van der Waals surface area contributed by atoms with Crippen molar-refractivity contribution in [2.45, 2.75) is 44.6 Å². The van der Waals surface area contributed by atoms with Gasteiger partial charge in [0.1, 0.15) is 0 Å². The zero-order chi connectivity index (χ0) is 11.4. The monoisotopic (exact) mass is 223 g/mol. The van der Waals surface area contributed by atoms with E-state index in [9.17, 15) is 9.90 Å². The smallest absolute Gasteiger partial charge is 0.220 e. The molecular formula is C13H21NO2. The minimum absolute atomic E-state index is 0.139. The maximum Gasteiger partial charge on any atom is 0.220 e. The summed E-state index contributed by atoms with van der Waals surface area (Å²) in [7, 11) is 0. The molecule has 2 aliphatic rings. The van der Waals surface area contributed by atoms with Crippen molar-refractivity contribution in [3.05, 3.63) is 12.2 Å². The third-order valence-electron chi connectivity index (χ3n) is 3.66. The number of amides is 1.